The maximum atomic E-state index is 11.8. The van der Waals surface area contributed by atoms with Crippen LogP contribution in [0.3, 0.4) is 0 Å². The lowest BCUT2D eigenvalue weighted by Crippen LogP contribution is -2.29. The molecule has 0 aromatic carbocycles. The van der Waals surface area contributed by atoms with Crippen LogP contribution in [0.2, 0.25) is 8.67 Å². The summed E-state index contributed by atoms with van der Waals surface area (Å²) in [5.41, 5.74) is 0.144. The summed E-state index contributed by atoms with van der Waals surface area (Å²) in [6.45, 7) is 2.19. The summed E-state index contributed by atoms with van der Waals surface area (Å²) in [4.78, 5) is 32.9. The van der Waals surface area contributed by atoms with E-state index in [-0.39, 0.29) is 5.52 Å². The number of aromatic nitrogens is 4. The fourth-order valence-corrected chi connectivity index (χ4v) is 3.43. The van der Waals surface area contributed by atoms with Crippen LogP contribution in [0.15, 0.2) is 15.7 Å². The molecule has 0 saturated heterocycles. The van der Waals surface area contributed by atoms with Gasteiger partial charge in [-0.1, -0.05) is 23.2 Å². The van der Waals surface area contributed by atoms with E-state index in [9.17, 15) is 9.59 Å². The number of aryl methyl sites for hydroxylation is 1. The van der Waals surface area contributed by atoms with Crippen LogP contribution < -0.4 is 11.2 Å². The number of nitrogens with zero attached hydrogens (tertiary/aromatic N) is 2. The highest BCUT2D eigenvalue weighted by Crippen LogP contribution is 2.37. The van der Waals surface area contributed by atoms with Gasteiger partial charge in [0.15, 0.2) is 5.65 Å². The summed E-state index contributed by atoms with van der Waals surface area (Å²) < 4.78 is 2.36. The first-order chi connectivity index (χ1) is 9.51. The van der Waals surface area contributed by atoms with Crippen molar-refractivity contribution < 1.29 is 0 Å². The molecule has 9 heteroatoms. The minimum absolute atomic E-state index is 0.236. The molecule has 0 unspecified atom stereocenters. The van der Waals surface area contributed by atoms with E-state index in [1.807, 2.05) is 0 Å². The van der Waals surface area contributed by atoms with Crippen molar-refractivity contribution in [3.63, 3.8) is 0 Å². The standard InChI is InChI=1S/C11H8Cl2N4O2S/c1-2-17-9-6(10(18)16-11(17)19)14-8(15-9)4-3-5(12)20-7(4)13/h3H,2H2,1H3,(H,14,15)(H,16,18,19). The van der Waals surface area contributed by atoms with Crippen molar-refractivity contribution in [3.05, 3.63) is 35.6 Å². The number of fused-ring (bicyclic) bond motifs is 1. The zero-order valence-electron chi connectivity index (χ0n) is 10.2. The van der Waals surface area contributed by atoms with Crippen molar-refractivity contribution in [1.29, 1.82) is 0 Å². The monoisotopic (exact) mass is 330 g/mol. The number of H-pyrrole nitrogens is 2. The Morgan fingerprint density at radius 1 is 1.35 bits per heavy atom. The second-order valence-electron chi connectivity index (χ2n) is 4.03. The second kappa shape index (κ2) is 4.76. The van der Waals surface area contributed by atoms with Gasteiger partial charge in [-0.3, -0.25) is 14.3 Å². The molecule has 6 nitrogen and oxygen atoms in total. The Kier molecular flexibility index (Phi) is 3.19. The molecular formula is C11H8Cl2N4O2S. The maximum Gasteiger partial charge on any atom is 0.330 e. The SMILES string of the molecule is CCn1c(=O)[nH]c(=O)c2[nH]c(-c3cc(Cl)sc3Cl)nc21. The zero-order chi connectivity index (χ0) is 14.4. The molecule has 0 fully saturated rings. The van der Waals surface area contributed by atoms with Crippen LogP contribution in [0, 0.1) is 0 Å². The summed E-state index contributed by atoms with van der Waals surface area (Å²) in [7, 11) is 0. The number of thiophene rings is 1. The fourth-order valence-electron chi connectivity index (χ4n) is 1.96. The van der Waals surface area contributed by atoms with Gasteiger partial charge in [-0.05, 0) is 13.0 Å². The zero-order valence-corrected chi connectivity index (χ0v) is 12.5. The van der Waals surface area contributed by atoms with Crippen molar-refractivity contribution in [2.24, 2.45) is 0 Å². The third kappa shape index (κ3) is 1.98. The fraction of sp³-hybridized carbons (Fsp3) is 0.182. The Morgan fingerprint density at radius 2 is 2.10 bits per heavy atom. The topological polar surface area (TPSA) is 83.5 Å². The number of hydrogen-bond acceptors (Lipinski definition) is 4. The van der Waals surface area contributed by atoms with Crippen LogP contribution in [0.5, 0.6) is 0 Å². The highest BCUT2D eigenvalue weighted by molar-refractivity contribution is 7.20. The maximum absolute atomic E-state index is 11.8. The van der Waals surface area contributed by atoms with Crippen molar-refractivity contribution in [3.8, 4) is 11.4 Å². The van der Waals surface area contributed by atoms with E-state index >= 15 is 0 Å². The van der Waals surface area contributed by atoms with E-state index in [4.69, 9.17) is 23.2 Å². The molecular weight excluding hydrogens is 323 g/mol. The largest absolute Gasteiger partial charge is 0.332 e. The molecule has 20 heavy (non-hydrogen) atoms. The van der Waals surface area contributed by atoms with Gasteiger partial charge in [0, 0.05) is 12.1 Å². The molecule has 0 bridgehead atoms. The first-order valence-corrected chi connectivity index (χ1v) is 7.26. The predicted molar refractivity (Wildman–Crippen MR) is 80.0 cm³/mol. The van der Waals surface area contributed by atoms with Gasteiger partial charge < -0.3 is 4.98 Å². The summed E-state index contributed by atoms with van der Waals surface area (Å²) in [6.07, 6.45) is 0. The van der Waals surface area contributed by atoms with Crippen molar-refractivity contribution >= 4 is 45.7 Å². The Hall–Kier alpha value is -1.57. The molecule has 3 heterocycles. The number of aromatic amines is 2. The summed E-state index contributed by atoms with van der Waals surface area (Å²) in [5.74, 6) is 0.409. The van der Waals surface area contributed by atoms with Crippen LogP contribution >= 0.6 is 34.5 Å². The molecule has 0 atom stereocenters. The summed E-state index contributed by atoms with van der Waals surface area (Å²) in [6, 6.07) is 1.66. The molecule has 0 spiro atoms. The van der Waals surface area contributed by atoms with Gasteiger partial charge >= 0.3 is 5.69 Å². The summed E-state index contributed by atoms with van der Waals surface area (Å²) in [5, 5.41) is 0. The molecule has 0 radical (unpaired) electrons. The molecule has 3 rings (SSSR count). The molecule has 0 saturated carbocycles. The Labute approximate surface area is 126 Å². The van der Waals surface area contributed by atoms with E-state index < -0.39 is 11.2 Å². The van der Waals surface area contributed by atoms with Gasteiger partial charge in [0.25, 0.3) is 5.56 Å². The number of imidazole rings is 1. The van der Waals surface area contributed by atoms with Gasteiger partial charge in [-0.25, -0.2) is 9.78 Å². The highest BCUT2D eigenvalue weighted by atomic mass is 35.5. The second-order valence-corrected chi connectivity index (χ2v) is 6.31. The quantitative estimate of drug-likeness (QED) is 0.757. The van der Waals surface area contributed by atoms with E-state index in [0.29, 0.717) is 32.3 Å². The Balaban J connectivity index is 2.36. The smallest absolute Gasteiger partial charge is 0.330 e. The van der Waals surface area contributed by atoms with Crippen molar-refractivity contribution in [1.82, 2.24) is 19.5 Å². The number of rotatable bonds is 2. The lowest BCUT2D eigenvalue weighted by molar-refractivity contribution is 0.720. The van der Waals surface area contributed by atoms with Gasteiger partial charge in [0.1, 0.15) is 15.7 Å². The Bertz CT molecular complexity index is 921. The van der Waals surface area contributed by atoms with E-state index in [0.717, 1.165) is 0 Å². The van der Waals surface area contributed by atoms with Gasteiger partial charge in [0.05, 0.1) is 4.34 Å². The molecule has 3 aromatic rings. The van der Waals surface area contributed by atoms with Gasteiger partial charge in [0.2, 0.25) is 0 Å². The molecule has 3 aromatic heterocycles. The van der Waals surface area contributed by atoms with Gasteiger partial charge in [-0.2, -0.15) is 0 Å². The number of nitrogens with one attached hydrogen (secondary N) is 2. The van der Waals surface area contributed by atoms with Crippen LogP contribution in [-0.4, -0.2) is 19.5 Å². The number of hydrogen-bond donors (Lipinski definition) is 2. The van der Waals surface area contributed by atoms with Crippen molar-refractivity contribution in [2.45, 2.75) is 13.5 Å². The van der Waals surface area contributed by atoms with Gasteiger partial charge in [-0.15, -0.1) is 11.3 Å². The Morgan fingerprint density at radius 3 is 2.70 bits per heavy atom. The predicted octanol–water partition coefficient (Wildman–Crippen LogP) is 2.47. The number of halogens is 2. The molecule has 104 valence electrons. The lowest BCUT2D eigenvalue weighted by atomic mass is 10.3. The average Bonchev–Trinajstić information content (AvgIpc) is 2.93. The van der Waals surface area contributed by atoms with Crippen LogP contribution in [0.4, 0.5) is 0 Å². The molecule has 0 aliphatic heterocycles. The lowest BCUT2D eigenvalue weighted by Gasteiger charge is -1.99. The third-order valence-electron chi connectivity index (χ3n) is 2.86. The molecule has 0 aliphatic carbocycles. The van der Waals surface area contributed by atoms with Crippen molar-refractivity contribution in [2.75, 3.05) is 0 Å². The molecule has 2 N–H and O–H groups in total. The normalized spacial score (nSPS) is 11.3. The van der Waals surface area contributed by atoms with E-state index in [2.05, 4.69) is 15.0 Å². The molecule has 0 amide bonds. The summed E-state index contributed by atoms with van der Waals surface area (Å²) >= 11 is 13.2. The van der Waals surface area contributed by atoms with E-state index in [1.54, 1.807) is 13.0 Å². The highest BCUT2D eigenvalue weighted by Gasteiger charge is 2.16. The van der Waals surface area contributed by atoms with E-state index in [1.165, 1.54) is 15.9 Å². The van der Waals surface area contributed by atoms with Crippen LogP contribution in [0.1, 0.15) is 6.92 Å². The third-order valence-corrected chi connectivity index (χ3v) is 4.35. The van der Waals surface area contributed by atoms with Crippen LogP contribution in [-0.2, 0) is 6.54 Å². The average molecular weight is 331 g/mol. The first kappa shape index (κ1) is 13.4. The molecule has 0 aliphatic rings. The first-order valence-electron chi connectivity index (χ1n) is 5.69. The minimum atomic E-state index is -0.508. The minimum Gasteiger partial charge on any atom is -0.332 e. The van der Waals surface area contributed by atoms with Crippen LogP contribution in [0.25, 0.3) is 22.6 Å².